The van der Waals surface area contributed by atoms with E-state index in [1.807, 2.05) is 30.3 Å². The third-order valence-electron chi connectivity index (χ3n) is 4.62. The smallest absolute Gasteiger partial charge is 0.241 e. The summed E-state index contributed by atoms with van der Waals surface area (Å²) < 4.78 is 0. The first-order chi connectivity index (χ1) is 9.75. The summed E-state index contributed by atoms with van der Waals surface area (Å²) in [4.78, 5) is 14.8. The highest BCUT2D eigenvalue weighted by atomic mass is 35.5. The van der Waals surface area contributed by atoms with E-state index in [4.69, 9.17) is 5.73 Å². The van der Waals surface area contributed by atoms with Crippen molar-refractivity contribution >= 4 is 30.7 Å². The molecule has 124 valence electrons. The van der Waals surface area contributed by atoms with E-state index in [0.717, 1.165) is 18.5 Å². The van der Waals surface area contributed by atoms with E-state index in [1.165, 1.54) is 25.8 Å². The van der Waals surface area contributed by atoms with Crippen LogP contribution in [-0.2, 0) is 4.79 Å². The van der Waals surface area contributed by atoms with Crippen molar-refractivity contribution in [1.29, 1.82) is 0 Å². The molecule has 3 rings (SSSR count). The lowest BCUT2D eigenvalue weighted by molar-refractivity contribution is -0.123. The van der Waals surface area contributed by atoms with Gasteiger partial charge in [0.15, 0.2) is 0 Å². The maximum atomic E-state index is 12.3. The number of nitrogens with two attached hydrogens (primary N) is 1. The minimum absolute atomic E-state index is 0. The second-order valence-electron chi connectivity index (χ2n) is 5.89. The summed E-state index contributed by atoms with van der Waals surface area (Å²) in [6.07, 6.45) is 4.82. The molecule has 2 fully saturated rings. The number of carbonyl (C=O) groups is 1. The zero-order chi connectivity index (χ0) is 13.9. The van der Waals surface area contributed by atoms with Crippen LogP contribution in [0.25, 0.3) is 0 Å². The number of halogens is 2. The molecule has 0 spiro atoms. The number of piperidine rings is 1. The van der Waals surface area contributed by atoms with Crippen molar-refractivity contribution in [3.05, 3.63) is 35.9 Å². The lowest BCUT2D eigenvalue weighted by atomic mass is 9.98. The van der Waals surface area contributed by atoms with Crippen molar-refractivity contribution in [2.24, 2.45) is 5.73 Å². The monoisotopic (exact) mass is 345 g/mol. The van der Waals surface area contributed by atoms with Gasteiger partial charge < -0.3 is 11.1 Å². The number of benzene rings is 1. The molecular formula is C16H25Cl2N3O. The Labute approximate surface area is 144 Å². The van der Waals surface area contributed by atoms with Crippen LogP contribution in [0.4, 0.5) is 0 Å². The third kappa shape index (κ3) is 4.13. The molecule has 3 N–H and O–H groups in total. The molecule has 0 bridgehead atoms. The minimum Gasteiger partial charge on any atom is -0.350 e. The van der Waals surface area contributed by atoms with Crippen molar-refractivity contribution in [3.8, 4) is 0 Å². The Morgan fingerprint density at radius 2 is 1.86 bits per heavy atom. The first-order valence-corrected chi connectivity index (χ1v) is 7.60. The van der Waals surface area contributed by atoms with Crippen molar-refractivity contribution in [2.75, 3.05) is 13.1 Å². The Hall–Kier alpha value is -0.810. The summed E-state index contributed by atoms with van der Waals surface area (Å²) in [5, 5.41) is 3.17. The second kappa shape index (κ2) is 8.73. The first-order valence-electron chi connectivity index (χ1n) is 7.60. The largest absolute Gasteiger partial charge is 0.350 e. The maximum Gasteiger partial charge on any atom is 0.241 e. The molecule has 1 aromatic carbocycles. The maximum absolute atomic E-state index is 12.3. The van der Waals surface area contributed by atoms with Gasteiger partial charge in [0, 0.05) is 18.6 Å². The average molecular weight is 346 g/mol. The Morgan fingerprint density at radius 3 is 2.59 bits per heavy atom. The molecule has 0 radical (unpaired) electrons. The van der Waals surface area contributed by atoms with Gasteiger partial charge in [0.2, 0.25) is 5.91 Å². The predicted octanol–water partition coefficient (Wildman–Crippen LogP) is 2.27. The van der Waals surface area contributed by atoms with E-state index in [9.17, 15) is 4.79 Å². The van der Waals surface area contributed by atoms with Gasteiger partial charge in [0.25, 0.3) is 0 Å². The van der Waals surface area contributed by atoms with Crippen molar-refractivity contribution in [1.82, 2.24) is 10.2 Å². The summed E-state index contributed by atoms with van der Waals surface area (Å²) >= 11 is 0. The van der Waals surface area contributed by atoms with E-state index in [0.29, 0.717) is 6.04 Å². The molecule has 2 saturated heterocycles. The molecule has 2 aliphatic heterocycles. The van der Waals surface area contributed by atoms with Crippen LogP contribution in [0.3, 0.4) is 0 Å². The van der Waals surface area contributed by atoms with Gasteiger partial charge in [-0.15, -0.1) is 24.8 Å². The number of carbonyl (C=O) groups excluding carboxylic acids is 1. The van der Waals surface area contributed by atoms with Gasteiger partial charge in [0.1, 0.15) is 6.04 Å². The van der Waals surface area contributed by atoms with Gasteiger partial charge in [-0.1, -0.05) is 36.8 Å². The number of amides is 1. The lowest BCUT2D eigenvalue weighted by Crippen LogP contribution is -2.48. The van der Waals surface area contributed by atoms with Crippen LogP contribution in [0.2, 0.25) is 0 Å². The predicted molar refractivity (Wildman–Crippen MR) is 93.6 cm³/mol. The lowest BCUT2D eigenvalue weighted by Gasteiger charge is -2.32. The third-order valence-corrected chi connectivity index (χ3v) is 4.62. The molecule has 2 aliphatic rings. The van der Waals surface area contributed by atoms with Crippen molar-refractivity contribution in [2.45, 2.75) is 43.8 Å². The second-order valence-corrected chi connectivity index (χ2v) is 5.89. The fourth-order valence-electron chi connectivity index (χ4n) is 3.50. The Kier molecular flexibility index (Phi) is 7.63. The summed E-state index contributed by atoms with van der Waals surface area (Å²) in [6, 6.07) is 9.83. The topological polar surface area (TPSA) is 58.4 Å². The van der Waals surface area contributed by atoms with Crippen LogP contribution < -0.4 is 11.1 Å². The zero-order valence-corrected chi connectivity index (χ0v) is 14.2. The number of rotatable bonds is 3. The normalized spacial score (nSPS) is 25.3. The Bertz CT molecular complexity index is 472. The van der Waals surface area contributed by atoms with Gasteiger partial charge in [-0.05, 0) is 31.4 Å². The summed E-state index contributed by atoms with van der Waals surface area (Å²) in [7, 11) is 0. The Morgan fingerprint density at radius 1 is 1.14 bits per heavy atom. The van der Waals surface area contributed by atoms with Crippen LogP contribution >= 0.6 is 24.8 Å². The molecular weight excluding hydrogens is 321 g/mol. The molecule has 0 aromatic heterocycles. The van der Waals surface area contributed by atoms with E-state index >= 15 is 0 Å². The van der Waals surface area contributed by atoms with Crippen LogP contribution in [0.5, 0.6) is 0 Å². The molecule has 0 saturated carbocycles. The molecule has 0 aliphatic carbocycles. The van der Waals surface area contributed by atoms with Crippen molar-refractivity contribution in [3.63, 3.8) is 0 Å². The molecule has 1 aromatic rings. The van der Waals surface area contributed by atoms with Gasteiger partial charge in [-0.25, -0.2) is 0 Å². The molecule has 2 heterocycles. The summed E-state index contributed by atoms with van der Waals surface area (Å²) in [5.74, 6) is -0.0476. The number of hydrogen-bond donors (Lipinski definition) is 2. The molecule has 6 heteroatoms. The molecule has 4 nitrogen and oxygen atoms in total. The number of nitrogens with one attached hydrogen (secondary N) is 1. The summed E-state index contributed by atoms with van der Waals surface area (Å²) in [6.45, 7) is 2.29. The van der Waals surface area contributed by atoms with E-state index in [1.54, 1.807) is 0 Å². The van der Waals surface area contributed by atoms with Gasteiger partial charge in [0.05, 0.1) is 0 Å². The highest BCUT2D eigenvalue weighted by Gasteiger charge is 2.36. The van der Waals surface area contributed by atoms with Crippen LogP contribution in [0, 0.1) is 0 Å². The fourth-order valence-corrected chi connectivity index (χ4v) is 3.50. The molecule has 3 atom stereocenters. The quantitative estimate of drug-likeness (QED) is 0.883. The first kappa shape index (κ1) is 19.2. The van der Waals surface area contributed by atoms with Crippen LogP contribution in [-0.4, -0.2) is 36.0 Å². The number of nitrogens with zero attached hydrogens (tertiary/aromatic N) is 1. The van der Waals surface area contributed by atoms with Gasteiger partial charge >= 0.3 is 0 Å². The highest BCUT2D eigenvalue weighted by molar-refractivity contribution is 5.85. The van der Waals surface area contributed by atoms with Crippen LogP contribution in [0.1, 0.15) is 37.3 Å². The van der Waals surface area contributed by atoms with Gasteiger partial charge in [-0.3, -0.25) is 9.69 Å². The van der Waals surface area contributed by atoms with E-state index in [-0.39, 0.29) is 36.8 Å². The average Bonchev–Trinajstić information content (AvgIpc) is 2.91. The van der Waals surface area contributed by atoms with Crippen LogP contribution in [0.15, 0.2) is 30.3 Å². The fraction of sp³-hybridized carbons (Fsp3) is 0.562. The summed E-state index contributed by atoms with van der Waals surface area (Å²) in [5.41, 5.74) is 6.94. The Balaban J connectivity index is 0.00000121. The minimum atomic E-state index is -0.561. The zero-order valence-electron chi connectivity index (χ0n) is 12.6. The van der Waals surface area contributed by atoms with E-state index < -0.39 is 6.04 Å². The van der Waals surface area contributed by atoms with Gasteiger partial charge in [-0.2, -0.15) is 0 Å². The molecule has 22 heavy (non-hydrogen) atoms. The number of hydrogen-bond acceptors (Lipinski definition) is 3. The molecule has 1 amide bonds. The highest BCUT2D eigenvalue weighted by Crippen LogP contribution is 2.27. The van der Waals surface area contributed by atoms with E-state index in [2.05, 4.69) is 10.2 Å². The van der Waals surface area contributed by atoms with Crippen molar-refractivity contribution < 1.29 is 4.79 Å². The standard InChI is InChI=1S/C16H23N3O.2ClH/c17-15(12-6-2-1-3-7-12)16(20)18-13-9-11-19-10-5-4-8-14(13)19;;/h1-3,6-7,13-15H,4-5,8-11,17H2,(H,18,20);2*1H. The molecule has 3 unspecified atom stereocenters. The SMILES string of the molecule is Cl.Cl.NC(C(=O)NC1CCN2CCCCC12)c1ccccc1. The number of fused-ring (bicyclic) bond motifs is 1.